The normalized spacial score (nSPS) is 15.7. The predicted molar refractivity (Wildman–Crippen MR) is 130 cm³/mol. The molecule has 2 aliphatic rings. The van der Waals surface area contributed by atoms with Gasteiger partial charge < -0.3 is 15.1 Å². The van der Waals surface area contributed by atoms with Crippen molar-refractivity contribution in [1.29, 1.82) is 0 Å². The number of piperazine rings is 1. The van der Waals surface area contributed by atoms with Crippen LogP contribution in [0.15, 0.2) is 66.7 Å². The highest BCUT2D eigenvalue weighted by Gasteiger charge is 2.35. The predicted octanol–water partition coefficient (Wildman–Crippen LogP) is 2.98. The zero-order valence-electron chi connectivity index (χ0n) is 17.9. The van der Waals surface area contributed by atoms with Gasteiger partial charge in [0, 0.05) is 48.4 Å². The van der Waals surface area contributed by atoms with Crippen LogP contribution in [0.4, 0.5) is 5.69 Å². The van der Waals surface area contributed by atoms with Gasteiger partial charge in [0.2, 0.25) is 5.91 Å². The van der Waals surface area contributed by atoms with Gasteiger partial charge in [-0.1, -0.05) is 42.5 Å². The third-order valence-electron chi connectivity index (χ3n) is 6.09. The number of benzene rings is 3. The molecule has 0 aliphatic carbocycles. The zero-order chi connectivity index (χ0) is 22.9. The van der Waals surface area contributed by atoms with Crippen LogP contribution in [-0.2, 0) is 4.79 Å². The van der Waals surface area contributed by atoms with Crippen LogP contribution in [0.25, 0.3) is 10.8 Å². The van der Waals surface area contributed by atoms with E-state index in [0.717, 1.165) is 16.0 Å². The smallest absolute Gasteiger partial charge is 0.261 e. The molecule has 0 spiro atoms. The molecule has 8 heteroatoms. The Bertz CT molecular complexity index is 1220. The number of hydrogen-bond donors (Lipinski definition) is 1. The first-order valence-corrected chi connectivity index (χ1v) is 11.2. The number of para-hydroxylation sites is 1. The Balaban J connectivity index is 1.23. The van der Waals surface area contributed by atoms with Gasteiger partial charge in [0.05, 0.1) is 0 Å². The fraction of sp³-hybridized carbons (Fsp3) is 0.200. The molecular weight excluding hydrogens is 436 g/mol. The second-order valence-corrected chi connectivity index (χ2v) is 8.46. The maximum Gasteiger partial charge on any atom is 0.261 e. The average molecular weight is 459 g/mol. The lowest BCUT2D eigenvalue weighted by Crippen LogP contribution is -2.54. The molecule has 0 bridgehead atoms. The zero-order valence-corrected chi connectivity index (χ0v) is 18.7. The fourth-order valence-corrected chi connectivity index (χ4v) is 4.64. The minimum Gasteiger partial charge on any atom is -0.345 e. The highest BCUT2D eigenvalue weighted by Crippen LogP contribution is 2.29. The van der Waals surface area contributed by atoms with Gasteiger partial charge >= 0.3 is 0 Å². The van der Waals surface area contributed by atoms with Gasteiger partial charge in [-0.2, -0.15) is 0 Å². The van der Waals surface area contributed by atoms with Gasteiger partial charge in [-0.05, 0) is 41.9 Å². The Morgan fingerprint density at radius 2 is 1.36 bits per heavy atom. The highest BCUT2D eigenvalue weighted by molar-refractivity contribution is 7.80. The first-order valence-electron chi connectivity index (χ1n) is 10.8. The molecule has 7 nitrogen and oxygen atoms in total. The maximum atomic E-state index is 13.0. The van der Waals surface area contributed by atoms with Crippen LogP contribution in [0.1, 0.15) is 20.7 Å². The molecule has 0 saturated carbocycles. The minimum absolute atomic E-state index is 0.246. The summed E-state index contributed by atoms with van der Waals surface area (Å²) in [6.45, 7) is 1.83. The van der Waals surface area contributed by atoms with E-state index in [9.17, 15) is 14.4 Å². The molecule has 2 aliphatic heterocycles. The standard InChI is InChI=1S/C25H22N4O3S/c30-21(27-12-14-28(15-13-27)25(33)26-18-8-2-1-3-9-18)16-29-23(31)19-10-4-6-17-7-5-11-20(22(17)19)24(29)32/h1-11H,12-16H2,(H,26,33). The summed E-state index contributed by atoms with van der Waals surface area (Å²) in [5.74, 6) is -1.10. The van der Waals surface area contributed by atoms with E-state index in [1.165, 1.54) is 0 Å². The van der Waals surface area contributed by atoms with E-state index in [2.05, 4.69) is 5.32 Å². The van der Waals surface area contributed by atoms with Crippen molar-refractivity contribution in [3.05, 3.63) is 77.9 Å². The van der Waals surface area contributed by atoms with E-state index in [0.29, 0.717) is 47.8 Å². The number of nitrogens with one attached hydrogen (secondary N) is 1. The van der Waals surface area contributed by atoms with Crippen molar-refractivity contribution < 1.29 is 14.4 Å². The summed E-state index contributed by atoms with van der Waals surface area (Å²) >= 11 is 5.50. The van der Waals surface area contributed by atoms with Gasteiger partial charge in [0.15, 0.2) is 5.11 Å². The molecule has 1 N–H and O–H groups in total. The second kappa shape index (κ2) is 8.63. The summed E-state index contributed by atoms with van der Waals surface area (Å²) in [7, 11) is 0. The van der Waals surface area contributed by atoms with E-state index in [4.69, 9.17) is 12.2 Å². The average Bonchev–Trinajstić information content (AvgIpc) is 2.85. The Morgan fingerprint density at radius 3 is 1.97 bits per heavy atom. The largest absolute Gasteiger partial charge is 0.345 e. The lowest BCUT2D eigenvalue weighted by atomic mass is 9.94. The lowest BCUT2D eigenvalue weighted by molar-refractivity contribution is -0.132. The van der Waals surface area contributed by atoms with Gasteiger partial charge in [0.25, 0.3) is 11.8 Å². The van der Waals surface area contributed by atoms with Crippen LogP contribution >= 0.6 is 12.2 Å². The minimum atomic E-state index is -0.426. The van der Waals surface area contributed by atoms with E-state index >= 15 is 0 Å². The van der Waals surface area contributed by atoms with Crippen LogP contribution in [0.2, 0.25) is 0 Å². The Labute approximate surface area is 196 Å². The molecule has 166 valence electrons. The number of imide groups is 1. The fourth-order valence-electron chi connectivity index (χ4n) is 4.34. The summed E-state index contributed by atoms with van der Waals surface area (Å²) in [6, 6.07) is 20.4. The van der Waals surface area contributed by atoms with Crippen LogP contribution in [0, 0.1) is 0 Å². The van der Waals surface area contributed by atoms with Crippen molar-refractivity contribution >= 4 is 51.5 Å². The summed E-state index contributed by atoms with van der Waals surface area (Å²) in [5, 5.41) is 5.32. The summed E-state index contributed by atoms with van der Waals surface area (Å²) < 4.78 is 0. The molecule has 2 heterocycles. The number of rotatable bonds is 3. The van der Waals surface area contributed by atoms with Crippen LogP contribution in [-0.4, -0.2) is 70.3 Å². The monoisotopic (exact) mass is 458 g/mol. The van der Waals surface area contributed by atoms with Gasteiger partial charge in [0.1, 0.15) is 6.54 Å². The number of hydrogen-bond acceptors (Lipinski definition) is 4. The Morgan fingerprint density at radius 1 is 0.788 bits per heavy atom. The lowest BCUT2D eigenvalue weighted by Gasteiger charge is -2.37. The molecular formula is C25H22N4O3S. The van der Waals surface area contributed by atoms with Crippen molar-refractivity contribution in [3.8, 4) is 0 Å². The topological polar surface area (TPSA) is 73.0 Å². The Kier molecular flexibility index (Phi) is 5.51. The molecule has 0 aromatic heterocycles. The molecule has 0 atom stereocenters. The SMILES string of the molecule is O=C(CN1C(=O)c2cccc3cccc(c23)C1=O)N1CCN(C(=S)Nc2ccccc2)CC1. The first kappa shape index (κ1) is 21.1. The quantitative estimate of drug-likeness (QED) is 0.481. The molecule has 33 heavy (non-hydrogen) atoms. The van der Waals surface area contributed by atoms with Gasteiger partial charge in [-0.15, -0.1) is 0 Å². The molecule has 3 aromatic rings. The highest BCUT2D eigenvalue weighted by atomic mass is 32.1. The first-order chi connectivity index (χ1) is 16.0. The van der Waals surface area contributed by atoms with Crippen LogP contribution < -0.4 is 5.32 Å². The molecule has 3 aromatic carbocycles. The van der Waals surface area contributed by atoms with Gasteiger partial charge in [-0.3, -0.25) is 19.3 Å². The van der Waals surface area contributed by atoms with Crippen LogP contribution in [0.3, 0.4) is 0 Å². The molecule has 5 rings (SSSR count). The van der Waals surface area contributed by atoms with E-state index < -0.39 is 11.8 Å². The third kappa shape index (κ3) is 3.93. The van der Waals surface area contributed by atoms with E-state index in [1.54, 1.807) is 29.2 Å². The molecule has 3 amide bonds. The van der Waals surface area contributed by atoms with E-state index in [1.807, 2.05) is 47.4 Å². The van der Waals surface area contributed by atoms with Crippen molar-refractivity contribution in [2.45, 2.75) is 0 Å². The van der Waals surface area contributed by atoms with Gasteiger partial charge in [-0.25, -0.2) is 0 Å². The third-order valence-corrected chi connectivity index (χ3v) is 6.45. The summed E-state index contributed by atoms with van der Waals surface area (Å²) in [4.78, 5) is 43.8. The van der Waals surface area contributed by atoms with Crippen molar-refractivity contribution in [2.75, 3.05) is 38.0 Å². The van der Waals surface area contributed by atoms with Crippen LogP contribution in [0.5, 0.6) is 0 Å². The summed E-state index contributed by atoms with van der Waals surface area (Å²) in [5.41, 5.74) is 1.83. The second-order valence-electron chi connectivity index (χ2n) is 8.07. The molecule has 0 radical (unpaired) electrons. The van der Waals surface area contributed by atoms with E-state index in [-0.39, 0.29) is 12.5 Å². The molecule has 1 saturated heterocycles. The van der Waals surface area contributed by atoms with Crippen molar-refractivity contribution in [3.63, 3.8) is 0 Å². The number of carbonyl (C=O) groups is 3. The summed E-state index contributed by atoms with van der Waals surface area (Å²) in [6.07, 6.45) is 0. The number of nitrogens with zero attached hydrogens (tertiary/aromatic N) is 3. The Hall–Kier alpha value is -3.78. The number of amides is 3. The number of carbonyl (C=O) groups excluding carboxylic acids is 3. The maximum absolute atomic E-state index is 13.0. The number of anilines is 1. The number of thiocarbonyl (C=S) groups is 1. The van der Waals surface area contributed by atoms with Crippen molar-refractivity contribution in [2.24, 2.45) is 0 Å². The van der Waals surface area contributed by atoms with Crippen molar-refractivity contribution in [1.82, 2.24) is 14.7 Å². The molecule has 0 unspecified atom stereocenters. The molecule has 1 fully saturated rings.